The molecule has 0 aliphatic heterocycles. The molecule has 0 bridgehead atoms. The number of hydrogen-bond donors (Lipinski definition) is 2. The van der Waals surface area contributed by atoms with Crippen molar-refractivity contribution >= 4 is 34.6 Å². The van der Waals surface area contributed by atoms with Crippen LogP contribution in [0.5, 0.6) is 5.75 Å². The van der Waals surface area contributed by atoms with Crippen molar-refractivity contribution in [2.45, 2.75) is 38.1 Å². The maximum absolute atomic E-state index is 12.6. The average molecular weight is 427 g/mol. The van der Waals surface area contributed by atoms with Crippen molar-refractivity contribution in [2.75, 3.05) is 12.9 Å². The number of aromatic nitrogens is 2. The topological polar surface area (TPSA) is 85.2 Å². The largest absolute Gasteiger partial charge is 0.497 e. The number of fused-ring (bicyclic) bond motifs is 1. The van der Waals surface area contributed by atoms with Crippen molar-refractivity contribution in [1.29, 1.82) is 0 Å². The molecule has 2 N–H and O–H groups in total. The Kier molecular flexibility index (Phi) is 7.35. The van der Waals surface area contributed by atoms with Crippen LogP contribution in [0.15, 0.2) is 53.7 Å². The lowest BCUT2D eigenvalue weighted by atomic mass is 10.2. The van der Waals surface area contributed by atoms with Crippen molar-refractivity contribution in [2.24, 2.45) is 0 Å². The van der Waals surface area contributed by atoms with E-state index in [-0.39, 0.29) is 30.2 Å². The van der Waals surface area contributed by atoms with Gasteiger partial charge in [0, 0.05) is 12.6 Å². The summed E-state index contributed by atoms with van der Waals surface area (Å²) in [4.78, 5) is 29.2. The Morgan fingerprint density at radius 1 is 1.10 bits per heavy atom. The molecule has 2 aromatic carbocycles. The maximum Gasteiger partial charge on any atom is 0.240 e. The molecule has 30 heavy (non-hydrogen) atoms. The Morgan fingerprint density at radius 2 is 1.83 bits per heavy atom. The summed E-state index contributed by atoms with van der Waals surface area (Å²) in [6, 6.07) is 15.3. The van der Waals surface area contributed by atoms with E-state index in [1.807, 2.05) is 66.9 Å². The van der Waals surface area contributed by atoms with E-state index in [9.17, 15) is 9.59 Å². The molecular weight excluding hydrogens is 400 g/mol. The van der Waals surface area contributed by atoms with E-state index in [0.29, 0.717) is 11.7 Å². The van der Waals surface area contributed by atoms with Gasteiger partial charge >= 0.3 is 0 Å². The second-order valence-electron chi connectivity index (χ2n) is 7.10. The lowest BCUT2D eigenvalue weighted by molar-refractivity contribution is -0.122. The lowest BCUT2D eigenvalue weighted by Gasteiger charge is -2.11. The first kappa shape index (κ1) is 21.7. The van der Waals surface area contributed by atoms with Gasteiger partial charge in [-0.3, -0.25) is 9.59 Å². The fourth-order valence-corrected chi connectivity index (χ4v) is 3.78. The van der Waals surface area contributed by atoms with E-state index in [0.717, 1.165) is 22.3 Å². The zero-order valence-electron chi connectivity index (χ0n) is 17.3. The summed E-state index contributed by atoms with van der Waals surface area (Å²) in [5.41, 5.74) is 2.65. The number of imidazole rings is 1. The molecule has 2 amide bonds. The van der Waals surface area contributed by atoms with Crippen molar-refractivity contribution in [3.63, 3.8) is 0 Å². The molecule has 0 unspecified atom stereocenters. The minimum atomic E-state index is -0.123. The summed E-state index contributed by atoms with van der Waals surface area (Å²) in [5.74, 6) is 0.841. The van der Waals surface area contributed by atoms with E-state index < -0.39 is 0 Å². The van der Waals surface area contributed by atoms with Gasteiger partial charge in [-0.2, -0.15) is 0 Å². The van der Waals surface area contributed by atoms with Gasteiger partial charge in [-0.1, -0.05) is 36.0 Å². The number of para-hydroxylation sites is 2. The number of benzene rings is 2. The van der Waals surface area contributed by atoms with Crippen LogP contribution in [-0.2, 0) is 22.7 Å². The van der Waals surface area contributed by atoms with Crippen LogP contribution in [0.3, 0.4) is 0 Å². The van der Waals surface area contributed by atoms with Crippen LogP contribution in [0.4, 0.5) is 0 Å². The first-order valence-corrected chi connectivity index (χ1v) is 10.7. The van der Waals surface area contributed by atoms with Crippen LogP contribution >= 0.6 is 11.8 Å². The van der Waals surface area contributed by atoms with E-state index in [4.69, 9.17) is 4.74 Å². The molecule has 0 fully saturated rings. The maximum atomic E-state index is 12.6. The molecule has 1 aromatic heterocycles. The molecule has 0 atom stereocenters. The van der Waals surface area contributed by atoms with Gasteiger partial charge in [0.1, 0.15) is 12.3 Å². The monoisotopic (exact) mass is 426 g/mol. The summed E-state index contributed by atoms with van der Waals surface area (Å²) in [6.07, 6.45) is 0. The first-order chi connectivity index (χ1) is 14.5. The molecule has 1 heterocycles. The molecule has 8 heteroatoms. The second-order valence-corrected chi connectivity index (χ2v) is 8.05. The number of methoxy groups -OCH3 is 1. The van der Waals surface area contributed by atoms with Crippen molar-refractivity contribution in [3.05, 3.63) is 54.1 Å². The number of rotatable bonds is 9. The fourth-order valence-electron chi connectivity index (χ4n) is 2.95. The molecular formula is C22H26N4O3S. The Labute approximate surface area is 180 Å². The molecule has 7 nitrogen and oxygen atoms in total. The van der Waals surface area contributed by atoms with Gasteiger partial charge in [-0.05, 0) is 43.7 Å². The minimum Gasteiger partial charge on any atom is -0.497 e. The molecule has 0 spiro atoms. The molecule has 0 saturated heterocycles. The highest BCUT2D eigenvalue weighted by atomic mass is 32.2. The highest BCUT2D eigenvalue weighted by molar-refractivity contribution is 7.99. The van der Waals surface area contributed by atoms with Crippen molar-refractivity contribution in [3.8, 4) is 5.75 Å². The average Bonchev–Trinajstić information content (AvgIpc) is 3.08. The molecule has 158 valence electrons. The summed E-state index contributed by atoms with van der Waals surface area (Å²) in [6.45, 7) is 4.40. The number of nitrogens with zero attached hydrogens (tertiary/aromatic N) is 2. The molecule has 3 rings (SSSR count). The smallest absolute Gasteiger partial charge is 0.240 e. The molecule has 3 aromatic rings. The number of nitrogens with one attached hydrogen (secondary N) is 2. The van der Waals surface area contributed by atoms with Gasteiger partial charge < -0.3 is 19.9 Å². The van der Waals surface area contributed by atoms with Crippen LogP contribution in [0, 0.1) is 0 Å². The lowest BCUT2D eigenvalue weighted by Crippen LogP contribution is -2.31. The number of carbonyl (C=O) groups excluding carboxylic acids is 2. The highest BCUT2D eigenvalue weighted by Gasteiger charge is 2.15. The Bertz CT molecular complexity index is 1010. The van der Waals surface area contributed by atoms with Gasteiger partial charge in [0.2, 0.25) is 11.8 Å². The number of carbonyl (C=O) groups is 2. The van der Waals surface area contributed by atoms with Gasteiger partial charge in [0.25, 0.3) is 0 Å². The van der Waals surface area contributed by atoms with Gasteiger partial charge in [0.05, 0.1) is 23.9 Å². The van der Waals surface area contributed by atoms with E-state index in [2.05, 4.69) is 15.6 Å². The minimum absolute atomic E-state index is 0.0578. The second kappa shape index (κ2) is 10.2. The molecule has 0 aliphatic carbocycles. The van der Waals surface area contributed by atoms with Crippen LogP contribution in [0.1, 0.15) is 19.4 Å². The third-order valence-corrected chi connectivity index (χ3v) is 5.33. The van der Waals surface area contributed by atoms with Crippen molar-refractivity contribution < 1.29 is 14.3 Å². The van der Waals surface area contributed by atoms with Crippen LogP contribution in [0.2, 0.25) is 0 Å². The number of ether oxygens (including phenoxy) is 1. The molecule has 0 aliphatic rings. The third-order valence-electron chi connectivity index (χ3n) is 4.35. The normalized spacial score (nSPS) is 10.9. The van der Waals surface area contributed by atoms with Crippen LogP contribution in [-0.4, -0.2) is 40.3 Å². The van der Waals surface area contributed by atoms with E-state index >= 15 is 0 Å². The zero-order valence-corrected chi connectivity index (χ0v) is 18.2. The quantitative estimate of drug-likeness (QED) is 0.514. The number of hydrogen-bond acceptors (Lipinski definition) is 5. The predicted molar refractivity (Wildman–Crippen MR) is 119 cm³/mol. The van der Waals surface area contributed by atoms with Crippen LogP contribution < -0.4 is 15.4 Å². The van der Waals surface area contributed by atoms with Crippen LogP contribution in [0.25, 0.3) is 11.0 Å². The molecule has 0 saturated carbocycles. The predicted octanol–water partition coefficient (Wildman–Crippen LogP) is 2.98. The Balaban J connectivity index is 1.68. The Hall–Kier alpha value is -3.00. The summed E-state index contributed by atoms with van der Waals surface area (Å²) >= 11 is 1.33. The summed E-state index contributed by atoms with van der Waals surface area (Å²) in [5, 5.41) is 6.46. The summed E-state index contributed by atoms with van der Waals surface area (Å²) < 4.78 is 7.00. The number of thioether (sulfide) groups is 1. The third kappa shape index (κ3) is 5.76. The summed E-state index contributed by atoms with van der Waals surface area (Å²) in [7, 11) is 1.62. The van der Waals surface area contributed by atoms with Gasteiger partial charge in [0.15, 0.2) is 5.16 Å². The van der Waals surface area contributed by atoms with E-state index in [1.165, 1.54) is 11.8 Å². The Morgan fingerprint density at radius 3 is 2.53 bits per heavy atom. The highest BCUT2D eigenvalue weighted by Crippen LogP contribution is 2.24. The van der Waals surface area contributed by atoms with E-state index in [1.54, 1.807) is 7.11 Å². The standard InChI is InChI=1S/C22H26N4O3S/c1-15(2)24-21(28)14-30-22-25-18-6-4-5-7-19(18)26(22)13-20(27)23-12-16-8-10-17(29-3)11-9-16/h4-11,15H,12-14H2,1-3H3,(H,23,27)(H,24,28). The fraction of sp³-hybridized carbons (Fsp3) is 0.318. The first-order valence-electron chi connectivity index (χ1n) is 9.73. The zero-order chi connectivity index (χ0) is 21.5. The SMILES string of the molecule is COc1ccc(CNC(=O)Cn2c(SCC(=O)NC(C)C)nc3ccccc32)cc1. The van der Waals surface area contributed by atoms with Gasteiger partial charge in [-0.25, -0.2) is 4.98 Å². The van der Waals surface area contributed by atoms with Gasteiger partial charge in [-0.15, -0.1) is 0 Å². The molecule has 0 radical (unpaired) electrons. The number of amides is 2. The van der Waals surface area contributed by atoms with Crippen molar-refractivity contribution in [1.82, 2.24) is 20.2 Å².